The maximum Gasteiger partial charge on any atom is 0.129 e. The van der Waals surface area contributed by atoms with Crippen LogP contribution >= 0.6 is 0 Å². The number of Topliss-reactive ketones (excluding diaryl/α,β-unsaturated/α-hetero) is 1. The van der Waals surface area contributed by atoms with Crippen molar-refractivity contribution in [3.63, 3.8) is 0 Å². The first-order valence-corrected chi connectivity index (χ1v) is 7.30. The predicted molar refractivity (Wildman–Crippen MR) is 81.8 cm³/mol. The third-order valence-electron chi connectivity index (χ3n) is 3.49. The van der Waals surface area contributed by atoms with E-state index in [2.05, 4.69) is 44.3 Å². The molecule has 1 rings (SSSR count). The number of benzene rings is 1. The fourth-order valence-electron chi connectivity index (χ4n) is 2.13. The minimum Gasteiger partial charge on any atom is -0.316 e. The number of ketones is 1. The number of carbonyl (C=O) groups is 1. The van der Waals surface area contributed by atoms with Crippen molar-refractivity contribution in [3.05, 3.63) is 34.9 Å². The molecule has 0 heterocycles. The molecular weight excluding hydrogens is 234 g/mol. The number of rotatable bonds is 8. The molecular formula is C17H27NO. The van der Waals surface area contributed by atoms with Gasteiger partial charge < -0.3 is 10.1 Å². The van der Waals surface area contributed by atoms with Crippen LogP contribution in [0.3, 0.4) is 0 Å². The molecule has 0 amide bonds. The maximum absolute atomic E-state index is 10.8. The summed E-state index contributed by atoms with van der Waals surface area (Å²) >= 11 is 0. The topological polar surface area (TPSA) is 29.1 Å². The Morgan fingerprint density at radius 1 is 1.26 bits per heavy atom. The minimum absolute atomic E-state index is 0.280. The highest BCUT2D eigenvalue weighted by Crippen LogP contribution is 2.18. The molecule has 1 N–H and O–H groups in total. The molecule has 2 heteroatoms. The van der Waals surface area contributed by atoms with Crippen LogP contribution in [-0.4, -0.2) is 18.9 Å². The van der Waals surface area contributed by atoms with Gasteiger partial charge in [-0.1, -0.05) is 32.0 Å². The molecule has 0 radical (unpaired) electrons. The number of aryl methyl sites for hydroxylation is 1. The van der Waals surface area contributed by atoms with Crippen LogP contribution in [0.4, 0.5) is 0 Å². The second-order valence-electron chi connectivity index (χ2n) is 5.65. The van der Waals surface area contributed by atoms with Crippen LogP contribution < -0.4 is 5.32 Å². The molecule has 1 aromatic carbocycles. The van der Waals surface area contributed by atoms with E-state index in [1.807, 2.05) is 0 Å². The Morgan fingerprint density at radius 3 is 2.63 bits per heavy atom. The van der Waals surface area contributed by atoms with Crippen molar-refractivity contribution >= 4 is 5.78 Å². The first kappa shape index (κ1) is 15.9. The van der Waals surface area contributed by atoms with E-state index in [0.717, 1.165) is 25.9 Å². The van der Waals surface area contributed by atoms with Crippen LogP contribution in [0.1, 0.15) is 56.2 Å². The molecule has 0 spiro atoms. The summed E-state index contributed by atoms with van der Waals surface area (Å²) in [7, 11) is 0. The summed E-state index contributed by atoms with van der Waals surface area (Å²) in [5, 5.41) is 3.41. The van der Waals surface area contributed by atoms with E-state index in [-0.39, 0.29) is 5.78 Å². The number of nitrogens with one attached hydrogen (secondary N) is 1. The lowest BCUT2D eigenvalue weighted by molar-refractivity contribution is -0.117. The van der Waals surface area contributed by atoms with Crippen molar-refractivity contribution < 1.29 is 4.79 Å². The van der Waals surface area contributed by atoms with Crippen LogP contribution in [0.15, 0.2) is 18.2 Å². The van der Waals surface area contributed by atoms with Crippen molar-refractivity contribution in [1.82, 2.24) is 5.32 Å². The van der Waals surface area contributed by atoms with E-state index in [1.165, 1.54) is 16.7 Å². The molecule has 0 aromatic heterocycles. The molecule has 0 aliphatic heterocycles. The first-order chi connectivity index (χ1) is 9.00. The van der Waals surface area contributed by atoms with E-state index in [9.17, 15) is 4.79 Å². The van der Waals surface area contributed by atoms with E-state index < -0.39 is 0 Å². The zero-order valence-corrected chi connectivity index (χ0v) is 12.8. The van der Waals surface area contributed by atoms with Crippen molar-refractivity contribution in [1.29, 1.82) is 0 Å². The lowest BCUT2D eigenvalue weighted by Crippen LogP contribution is -2.19. The lowest BCUT2D eigenvalue weighted by atomic mass is 9.96. The smallest absolute Gasteiger partial charge is 0.129 e. The van der Waals surface area contributed by atoms with Gasteiger partial charge in [0.1, 0.15) is 5.78 Å². The van der Waals surface area contributed by atoms with Gasteiger partial charge in [-0.3, -0.25) is 0 Å². The standard InChI is InChI=1S/C17H27NO/c1-13(2)16-8-7-14(3)17(12-16)9-11-18-10-5-6-15(4)19/h7-8,12-13,18H,5-6,9-11H2,1-4H3. The molecule has 0 saturated heterocycles. The van der Waals surface area contributed by atoms with Crippen LogP contribution in [0, 0.1) is 6.92 Å². The van der Waals surface area contributed by atoms with Gasteiger partial charge in [-0.2, -0.15) is 0 Å². The van der Waals surface area contributed by atoms with Gasteiger partial charge in [0, 0.05) is 6.42 Å². The Kier molecular flexibility index (Phi) is 6.79. The Hall–Kier alpha value is -1.15. The third kappa shape index (κ3) is 6.02. The maximum atomic E-state index is 10.8. The predicted octanol–water partition coefficient (Wildman–Crippen LogP) is 3.62. The second-order valence-corrected chi connectivity index (χ2v) is 5.65. The Labute approximate surface area is 117 Å². The molecule has 1 aromatic rings. The molecule has 0 atom stereocenters. The van der Waals surface area contributed by atoms with Crippen LogP contribution in [0.25, 0.3) is 0 Å². The zero-order chi connectivity index (χ0) is 14.3. The van der Waals surface area contributed by atoms with E-state index in [4.69, 9.17) is 0 Å². The molecule has 19 heavy (non-hydrogen) atoms. The average molecular weight is 261 g/mol. The Balaban J connectivity index is 2.36. The summed E-state index contributed by atoms with van der Waals surface area (Å²) in [6, 6.07) is 6.78. The molecule has 2 nitrogen and oxygen atoms in total. The van der Waals surface area contributed by atoms with Gasteiger partial charge in [-0.25, -0.2) is 0 Å². The number of hydrogen-bond donors (Lipinski definition) is 1. The van der Waals surface area contributed by atoms with E-state index in [1.54, 1.807) is 6.92 Å². The van der Waals surface area contributed by atoms with Crippen molar-refractivity contribution in [2.45, 2.75) is 52.9 Å². The van der Waals surface area contributed by atoms with E-state index >= 15 is 0 Å². The monoisotopic (exact) mass is 261 g/mol. The van der Waals surface area contributed by atoms with Crippen molar-refractivity contribution in [3.8, 4) is 0 Å². The summed E-state index contributed by atoms with van der Waals surface area (Å²) in [6.45, 7) is 10.2. The quantitative estimate of drug-likeness (QED) is 0.724. The average Bonchev–Trinajstić information content (AvgIpc) is 2.34. The molecule has 0 unspecified atom stereocenters. The van der Waals surface area contributed by atoms with Gasteiger partial charge in [0.2, 0.25) is 0 Å². The number of hydrogen-bond acceptors (Lipinski definition) is 2. The highest BCUT2D eigenvalue weighted by molar-refractivity contribution is 5.75. The van der Waals surface area contributed by atoms with E-state index in [0.29, 0.717) is 12.3 Å². The van der Waals surface area contributed by atoms with Gasteiger partial charge in [0.05, 0.1) is 0 Å². The zero-order valence-electron chi connectivity index (χ0n) is 12.8. The Morgan fingerprint density at radius 2 is 2.00 bits per heavy atom. The molecule has 0 bridgehead atoms. The van der Waals surface area contributed by atoms with Crippen LogP contribution in [-0.2, 0) is 11.2 Å². The van der Waals surface area contributed by atoms with Gasteiger partial charge in [-0.15, -0.1) is 0 Å². The molecule has 0 aliphatic rings. The molecule has 0 fully saturated rings. The SMILES string of the molecule is CC(=O)CCCNCCc1cc(C(C)C)ccc1C. The lowest BCUT2D eigenvalue weighted by Gasteiger charge is -2.12. The van der Waals surface area contributed by atoms with Gasteiger partial charge in [-0.05, 0) is 62.4 Å². The summed E-state index contributed by atoms with van der Waals surface area (Å²) < 4.78 is 0. The summed E-state index contributed by atoms with van der Waals surface area (Å²) in [4.78, 5) is 10.8. The molecule has 0 saturated carbocycles. The summed E-state index contributed by atoms with van der Waals surface area (Å²) in [5.74, 6) is 0.866. The highest BCUT2D eigenvalue weighted by Gasteiger charge is 2.03. The van der Waals surface area contributed by atoms with Crippen LogP contribution in [0.2, 0.25) is 0 Å². The Bertz CT molecular complexity index is 410. The highest BCUT2D eigenvalue weighted by atomic mass is 16.1. The summed E-state index contributed by atoms with van der Waals surface area (Å²) in [5.41, 5.74) is 4.22. The first-order valence-electron chi connectivity index (χ1n) is 7.30. The second kappa shape index (κ2) is 8.11. The number of carbonyl (C=O) groups excluding carboxylic acids is 1. The van der Waals surface area contributed by atoms with Crippen molar-refractivity contribution in [2.75, 3.05) is 13.1 Å². The largest absolute Gasteiger partial charge is 0.316 e. The fraction of sp³-hybridized carbons (Fsp3) is 0.588. The van der Waals surface area contributed by atoms with Gasteiger partial charge in [0.25, 0.3) is 0 Å². The van der Waals surface area contributed by atoms with Gasteiger partial charge >= 0.3 is 0 Å². The third-order valence-corrected chi connectivity index (χ3v) is 3.49. The molecule has 0 aliphatic carbocycles. The molecule has 106 valence electrons. The summed E-state index contributed by atoms with van der Waals surface area (Å²) in [6.07, 6.45) is 2.70. The van der Waals surface area contributed by atoms with Gasteiger partial charge in [0.15, 0.2) is 0 Å². The van der Waals surface area contributed by atoms with Crippen molar-refractivity contribution in [2.24, 2.45) is 0 Å². The fourth-order valence-corrected chi connectivity index (χ4v) is 2.13. The van der Waals surface area contributed by atoms with Crippen LogP contribution in [0.5, 0.6) is 0 Å². The minimum atomic E-state index is 0.280. The normalized spacial score (nSPS) is 11.0.